The van der Waals surface area contributed by atoms with E-state index in [-0.39, 0.29) is 17.2 Å². The lowest BCUT2D eigenvalue weighted by Crippen LogP contribution is -2.29. The van der Waals surface area contributed by atoms with Crippen LogP contribution in [-0.4, -0.2) is 28.9 Å². The quantitative estimate of drug-likeness (QED) is 0.480. The van der Waals surface area contributed by atoms with Crippen LogP contribution < -0.4 is 5.69 Å². The van der Waals surface area contributed by atoms with Crippen LogP contribution in [0, 0.1) is 0 Å². The zero-order valence-electron chi connectivity index (χ0n) is 16.0. The summed E-state index contributed by atoms with van der Waals surface area (Å²) in [5.41, 5.74) is 1.97. The molecule has 4 aromatic rings. The van der Waals surface area contributed by atoms with Gasteiger partial charge in [0.05, 0.1) is 17.2 Å². The minimum atomic E-state index is -3.54. The van der Waals surface area contributed by atoms with E-state index >= 15 is 0 Å². The molecular formula is C23H19N3O3S. The number of hydrogen-bond donors (Lipinski definition) is 0. The Morgan fingerprint density at radius 3 is 1.77 bits per heavy atom. The molecule has 0 amide bonds. The molecule has 0 atom stereocenters. The molecule has 0 N–H and O–H groups in total. The Hall–Kier alpha value is -3.58. The third kappa shape index (κ3) is 4.21. The van der Waals surface area contributed by atoms with Crippen LogP contribution in [0.1, 0.15) is 0 Å². The van der Waals surface area contributed by atoms with Crippen molar-refractivity contribution in [2.75, 3.05) is 5.75 Å². The van der Waals surface area contributed by atoms with Crippen molar-refractivity contribution in [2.45, 2.75) is 11.4 Å². The molecule has 0 fully saturated rings. The molecule has 0 spiro atoms. The average Bonchev–Trinajstić information content (AvgIpc) is 2.80. The number of aromatic nitrogens is 3. The minimum absolute atomic E-state index is 0.0854. The van der Waals surface area contributed by atoms with E-state index < -0.39 is 15.5 Å². The van der Waals surface area contributed by atoms with E-state index in [4.69, 9.17) is 0 Å². The normalized spacial score (nSPS) is 11.3. The van der Waals surface area contributed by atoms with Crippen LogP contribution in [0.25, 0.3) is 22.5 Å². The summed E-state index contributed by atoms with van der Waals surface area (Å²) in [5, 5.41) is 4.49. The largest absolute Gasteiger partial charge is 0.364 e. The van der Waals surface area contributed by atoms with Crippen molar-refractivity contribution >= 4 is 9.84 Å². The van der Waals surface area contributed by atoms with Crippen LogP contribution in [-0.2, 0) is 16.4 Å². The van der Waals surface area contributed by atoms with Crippen LogP contribution in [0.4, 0.5) is 0 Å². The second-order valence-electron chi connectivity index (χ2n) is 6.68. The van der Waals surface area contributed by atoms with Crippen LogP contribution >= 0.6 is 0 Å². The SMILES string of the molecule is O=c1nc(-c2ccccc2)c(-c2ccccc2)nn1CCS(=O)(=O)c1ccccc1. The van der Waals surface area contributed by atoms with E-state index in [9.17, 15) is 13.2 Å². The number of aryl methyl sites for hydroxylation is 1. The summed E-state index contributed by atoms with van der Waals surface area (Å²) in [6.07, 6.45) is 0. The van der Waals surface area contributed by atoms with Gasteiger partial charge in [-0.2, -0.15) is 10.1 Å². The molecule has 150 valence electrons. The highest BCUT2D eigenvalue weighted by molar-refractivity contribution is 7.91. The van der Waals surface area contributed by atoms with Crippen molar-refractivity contribution in [3.63, 3.8) is 0 Å². The van der Waals surface area contributed by atoms with Crippen molar-refractivity contribution < 1.29 is 8.42 Å². The van der Waals surface area contributed by atoms with Gasteiger partial charge in [0.2, 0.25) is 0 Å². The first-order valence-corrected chi connectivity index (χ1v) is 11.1. The highest BCUT2D eigenvalue weighted by Gasteiger charge is 2.18. The van der Waals surface area contributed by atoms with Gasteiger partial charge in [0.15, 0.2) is 9.84 Å². The molecular weight excluding hydrogens is 398 g/mol. The lowest BCUT2D eigenvalue weighted by molar-refractivity contribution is 0.565. The van der Waals surface area contributed by atoms with Gasteiger partial charge in [0.1, 0.15) is 11.4 Å². The van der Waals surface area contributed by atoms with Crippen molar-refractivity contribution in [1.82, 2.24) is 14.8 Å². The Labute approximate surface area is 174 Å². The highest BCUT2D eigenvalue weighted by atomic mass is 32.2. The fourth-order valence-electron chi connectivity index (χ4n) is 3.10. The van der Waals surface area contributed by atoms with Crippen molar-refractivity contribution in [3.05, 3.63) is 101 Å². The zero-order chi connectivity index (χ0) is 21.0. The molecule has 0 aliphatic heterocycles. The van der Waals surface area contributed by atoms with Crippen LogP contribution in [0.2, 0.25) is 0 Å². The standard InChI is InChI=1S/C23H19N3O3S/c27-23-24-21(18-10-4-1-5-11-18)22(19-12-6-2-7-13-19)25-26(23)16-17-30(28,29)20-14-8-3-9-15-20/h1-15H,16-17H2. The smallest absolute Gasteiger partial charge is 0.244 e. The summed E-state index contributed by atoms with van der Waals surface area (Å²) in [4.78, 5) is 17.1. The third-order valence-corrected chi connectivity index (χ3v) is 6.35. The van der Waals surface area contributed by atoms with Gasteiger partial charge in [-0.15, -0.1) is 0 Å². The predicted molar refractivity (Wildman–Crippen MR) is 116 cm³/mol. The first-order chi connectivity index (χ1) is 14.5. The van der Waals surface area contributed by atoms with Gasteiger partial charge >= 0.3 is 5.69 Å². The van der Waals surface area contributed by atoms with E-state index in [0.29, 0.717) is 11.4 Å². The third-order valence-electron chi connectivity index (χ3n) is 4.64. The summed E-state index contributed by atoms with van der Waals surface area (Å²) in [6, 6.07) is 26.9. The lowest BCUT2D eigenvalue weighted by Gasteiger charge is -2.12. The van der Waals surface area contributed by atoms with Gasteiger partial charge in [-0.25, -0.2) is 17.9 Å². The molecule has 0 unspecified atom stereocenters. The fourth-order valence-corrected chi connectivity index (χ4v) is 4.32. The first-order valence-electron chi connectivity index (χ1n) is 9.42. The van der Waals surface area contributed by atoms with E-state index in [2.05, 4.69) is 10.1 Å². The molecule has 7 heteroatoms. The van der Waals surface area contributed by atoms with E-state index in [1.807, 2.05) is 60.7 Å². The van der Waals surface area contributed by atoms with Gasteiger partial charge in [0.25, 0.3) is 0 Å². The van der Waals surface area contributed by atoms with Crippen molar-refractivity contribution in [3.8, 4) is 22.5 Å². The molecule has 1 aromatic heterocycles. The van der Waals surface area contributed by atoms with Gasteiger partial charge < -0.3 is 0 Å². The Kier molecular flexibility index (Phi) is 5.54. The van der Waals surface area contributed by atoms with E-state index in [1.165, 1.54) is 12.1 Å². The number of nitrogens with zero attached hydrogens (tertiary/aromatic N) is 3. The molecule has 30 heavy (non-hydrogen) atoms. The van der Waals surface area contributed by atoms with Crippen LogP contribution in [0.5, 0.6) is 0 Å². The Morgan fingerprint density at radius 1 is 0.700 bits per heavy atom. The topological polar surface area (TPSA) is 81.9 Å². The van der Waals surface area contributed by atoms with Gasteiger partial charge in [0, 0.05) is 11.1 Å². The number of hydrogen-bond acceptors (Lipinski definition) is 5. The highest BCUT2D eigenvalue weighted by Crippen LogP contribution is 2.27. The number of sulfone groups is 1. The molecule has 0 saturated heterocycles. The summed E-state index contributed by atoms with van der Waals surface area (Å²) >= 11 is 0. The van der Waals surface area contributed by atoms with Crippen LogP contribution in [0.3, 0.4) is 0 Å². The Balaban J connectivity index is 1.74. The Morgan fingerprint density at radius 2 is 1.20 bits per heavy atom. The molecule has 1 heterocycles. The maximum Gasteiger partial charge on any atom is 0.364 e. The predicted octanol–water partition coefficient (Wildman–Crippen LogP) is 3.45. The van der Waals surface area contributed by atoms with Gasteiger partial charge in [-0.3, -0.25) is 0 Å². The summed E-state index contributed by atoms with van der Waals surface area (Å²) in [6.45, 7) is -0.0854. The summed E-state index contributed by atoms with van der Waals surface area (Å²) < 4.78 is 26.3. The Bertz CT molecular complexity index is 1300. The van der Waals surface area contributed by atoms with E-state index in [0.717, 1.165) is 15.8 Å². The molecule has 0 bridgehead atoms. The first kappa shape index (κ1) is 19.7. The lowest BCUT2D eigenvalue weighted by atomic mass is 10.0. The summed E-state index contributed by atoms with van der Waals surface area (Å²) in [5.74, 6) is -0.246. The van der Waals surface area contributed by atoms with Crippen molar-refractivity contribution in [1.29, 1.82) is 0 Å². The molecule has 0 radical (unpaired) electrons. The second-order valence-corrected chi connectivity index (χ2v) is 8.79. The average molecular weight is 417 g/mol. The molecule has 0 aliphatic rings. The van der Waals surface area contributed by atoms with Crippen molar-refractivity contribution in [2.24, 2.45) is 0 Å². The van der Waals surface area contributed by atoms with Crippen LogP contribution in [0.15, 0.2) is 101 Å². The molecule has 0 aliphatic carbocycles. The minimum Gasteiger partial charge on any atom is -0.244 e. The van der Waals surface area contributed by atoms with E-state index in [1.54, 1.807) is 18.2 Å². The molecule has 0 saturated carbocycles. The molecule has 3 aromatic carbocycles. The maximum absolute atomic E-state index is 12.6. The summed E-state index contributed by atoms with van der Waals surface area (Å²) in [7, 11) is -3.54. The monoisotopic (exact) mass is 417 g/mol. The molecule has 4 rings (SSSR count). The van der Waals surface area contributed by atoms with Gasteiger partial charge in [-0.1, -0.05) is 78.9 Å². The number of benzene rings is 3. The zero-order valence-corrected chi connectivity index (χ0v) is 16.9. The second kappa shape index (κ2) is 8.42. The molecule has 6 nitrogen and oxygen atoms in total. The fraction of sp³-hybridized carbons (Fsp3) is 0.0870. The van der Waals surface area contributed by atoms with Gasteiger partial charge in [-0.05, 0) is 12.1 Å². The maximum atomic E-state index is 12.6. The number of rotatable bonds is 6.